The summed E-state index contributed by atoms with van der Waals surface area (Å²) in [5, 5.41) is 0. The summed E-state index contributed by atoms with van der Waals surface area (Å²) in [4.78, 5) is 8.08. The lowest BCUT2D eigenvalue weighted by molar-refractivity contribution is 0.989. The van der Waals surface area contributed by atoms with E-state index in [4.69, 9.17) is 0 Å². The standard InChI is InChI=1S/C7H10N2/c1-3-7-4-8-6(2)9-5-7/h4-5H,3H2,1-2H3. The van der Waals surface area contributed by atoms with E-state index in [1.807, 2.05) is 19.3 Å². The summed E-state index contributed by atoms with van der Waals surface area (Å²) in [5.41, 5.74) is 1.20. The van der Waals surface area contributed by atoms with Gasteiger partial charge in [0.2, 0.25) is 0 Å². The van der Waals surface area contributed by atoms with Crippen molar-refractivity contribution in [2.24, 2.45) is 0 Å². The van der Waals surface area contributed by atoms with Crippen LogP contribution in [0.2, 0.25) is 0 Å². The first-order chi connectivity index (χ1) is 4.33. The van der Waals surface area contributed by atoms with Crippen LogP contribution in [0.1, 0.15) is 18.3 Å². The van der Waals surface area contributed by atoms with E-state index in [1.165, 1.54) is 5.56 Å². The Morgan fingerprint density at radius 2 is 1.89 bits per heavy atom. The molecule has 1 aromatic heterocycles. The van der Waals surface area contributed by atoms with Gasteiger partial charge in [0.25, 0.3) is 0 Å². The van der Waals surface area contributed by atoms with Crippen LogP contribution < -0.4 is 0 Å². The Kier molecular flexibility index (Phi) is 1.78. The Labute approximate surface area is 55.0 Å². The molecule has 0 atom stereocenters. The van der Waals surface area contributed by atoms with Gasteiger partial charge in [0.05, 0.1) is 0 Å². The van der Waals surface area contributed by atoms with Crippen LogP contribution in [0.15, 0.2) is 12.4 Å². The molecule has 9 heavy (non-hydrogen) atoms. The third kappa shape index (κ3) is 1.49. The molecule has 1 heterocycles. The molecule has 0 aliphatic rings. The van der Waals surface area contributed by atoms with Gasteiger partial charge in [0.15, 0.2) is 0 Å². The minimum Gasteiger partial charge on any atom is -0.241 e. The van der Waals surface area contributed by atoms with E-state index in [1.54, 1.807) is 0 Å². The maximum absolute atomic E-state index is 4.04. The third-order valence-electron chi connectivity index (χ3n) is 1.24. The van der Waals surface area contributed by atoms with E-state index in [-0.39, 0.29) is 0 Å². The molecule has 1 rings (SSSR count). The average molecular weight is 122 g/mol. The van der Waals surface area contributed by atoms with E-state index in [9.17, 15) is 0 Å². The third-order valence-corrected chi connectivity index (χ3v) is 1.24. The number of aromatic nitrogens is 2. The number of rotatable bonds is 1. The molecule has 0 radical (unpaired) electrons. The molecule has 2 heteroatoms. The molecule has 2 nitrogen and oxygen atoms in total. The minimum atomic E-state index is 0.840. The van der Waals surface area contributed by atoms with Crippen LogP contribution in [0.4, 0.5) is 0 Å². The van der Waals surface area contributed by atoms with E-state index in [0.29, 0.717) is 0 Å². The Bertz CT molecular complexity index is 179. The molecule has 0 fully saturated rings. The van der Waals surface area contributed by atoms with Crippen molar-refractivity contribution in [3.05, 3.63) is 23.8 Å². The summed E-state index contributed by atoms with van der Waals surface area (Å²) in [6.07, 6.45) is 4.74. The molecule has 0 N–H and O–H groups in total. The molecular weight excluding hydrogens is 112 g/mol. The van der Waals surface area contributed by atoms with Gasteiger partial charge in [-0.05, 0) is 18.9 Å². The molecule has 0 aliphatic carbocycles. The van der Waals surface area contributed by atoms with Gasteiger partial charge in [-0.3, -0.25) is 0 Å². The molecule has 0 bridgehead atoms. The highest BCUT2D eigenvalue weighted by Crippen LogP contribution is 1.94. The SMILES string of the molecule is CCc1cnc(C)nc1. The summed E-state index contributed by atoms with van der Waals surface area (Å²) < 4.78 is 0. The fourth-order valence-corrected chi connectivity index (χ4v) is 0.602. The van der Waals surface area contributed by atoms with Crippen molar-refractivity contribution < 1.29 is 0 Å². The first-order valence-electron chi connectivity index (χ1n) is 3.10. The molecule has 0 amide bonds. The Balaban J connectivity index is 2.88. The van der Waals surface area contributed by atoms with Crippen LogP contribution in [-0.4, -0.2) is 9.97 Å². The predicted molar refractivity (Wildman–Crippen MR) is 36.1 cm³/mol. The number of nitrogens with zero attached hydrogens (tertiary/aromatic N) is 2. The zero-order valence-electron chi connectivity index (χ0n) is 5.76. The Morgan fingerprint density at radius 1 is 1.33 bits per heavy atom. The molecule has 1 aromatic rings. The minimum absolute atomic E-state index is 0.840. The maximum atomic E-state index is 4.04. The molecule has 0 unspecified atom stereocenters. The Morgan fingerprint density at radius 3 is 2.33 bits per heavy atom. The van der Waals surface area contributed by atoms with Crippen molar-refractivity contribution in [2.75, 3.05) is 0 Å². The first-order valence-corrected chi connectivity index (χ1v) is 3.10. The van der Waals surface area contributed by atoms with Gasteiger partial charge in [-0.1, -0.05) is 6.92 Å². The van der Waals surface area contributed by atoms with E-state index in [2.05, 4.69) is 16.9 Å². The smallest absolute Gasteiger partial charge is 0.125 e. The Hall–Kier alpha value is -0.920. The largest absolute Gasteiger partial charge is 0.241 e. The van der Waals surface area contributed by atoms with Gasteiger partial charge >= 0.3 is 0 Å². The molecule has 0 saturated heterocycles. The molecular formula is C7H10N2. The highest BCUT2D eigenvalue weighted by atomic mass is 14.8. The predicted octanol–water partition coefficient (Wildman–Crippen LogP) is 1.35. The van der Waals surface area contributed by atoms with Gasteiger partial charge in [-0.25, -0.2) is 9.97 Å². The van der Waals surface area contributed by atoms with Crippen molar-refractivity contribution in [1.29, 1.82) is 0 Å². The fourth-order valence-electron chi connectivity index (χ4n) is 0.602. The number of hydrogen-bond acceptors (Lipinski definition) is 2. The molecule has 0 saturated carbocycles. The lowest BCUT2D eigenvalue weighted by atomic mass is 10.3. The van der Waals surface area contributed by atoms with Crippen molar-refractivity contribution in [1.82, 2.24) is 9.97 Å². The van der Waals surface area contributed by atoms with Crippen LogP contribution in [0.25, 0.3) is 0 Å². The van der Waals surface area contributed by atoms with Gasteiger partial charge in [0, 0.05) is 12.4 Å². The molecule has 0 spiro atoms. The maximum Gasteiger partial charge on any atom is 0.125 e. The second kappa shape index (κ2) is 2.58. The summed E-state index contributed by atoms with van der Waals surface area (Å²) in [5.74, 6) is 0.840. The van der Waals surface area contributed by atoms with Crippen molar-refractivity contribution in [3.63, 3.8) is 0 Å². The van der Waals surface area contributed by atoms with Crippen LogP contribution >= 0.6 is 0 Å². The van der Waals surface area contributed by atoms with Gasteiger partial charge in [-0.15, -0.1) is 0 Å². The number of aryl methyl sites for hydroxylation is 2. The highest BCUT2D eigenvalue weighted by molar-refractivity contribution is 5.03. The molecule has 0 aliphatic heterocycles. The van der Waals surface area contributed by atoms with Crippen molar-refractivity contribution in [3.8, 4) is 0 Å². The topological polar surface area (TPSA) is 25.8 Å². The van der Waals surface area contributed by atoms with Crippen LogP contribution in [-0.2, 0) is 6.42 Å². The monoisotopic (exact) mass is 122 g/mol. The molecule has 0 aromatic carbocycles. The number of hydrogen-bond donors (Lipinski definition) is 0. The van der Waals surface area contributed by atoms with Gasteiger partial charge in [0.1, 0.15) is 5.82 Å². The van der Waals surface area contributed by atoms with Crippen molar-refractivity contribution in [2.45, 2.75) is 20.3 Å². The van der Waals surface area contributed by atoms with E-state index < -0.39 is 0 Å². The zero-order chi connectivity index (χ0) is 6.69. The van der Waals surface area contributed by atoms with Crippen LogP contribution in [0.3, 0.4) is 0 Å². The summed E-state index contributed by atoms with van der Waals surface area (Å²) in [6.45, 7) is 3.98. The van der Waals surface area contributed by atoms with E-state index in [0.717, 1.165) is 12.2 Å². The zero-order valence-corrected chi connectivity index (χ0v) is 5.76. The second-order valence-electron chi connectivity index (χ2n) is 1.99. The second-order valence-corrected chi connectivity index (χ2v) is 1.99. The average Bonchev–Trinajstić information content (AvgIpc) is 1.90. The van der Waals surface area contributed by atoms with Crippen LogP contribution in [0.5, 0.6) is 0 Å². The van der Waals surface area contributed by atoms with Crippen molar-refractivity contribution >= 4 is 0 Å². The van der Waals surface area contributed by atoms with Crippen LogP contribution in [0, 0.1) is 6.92 Å². The summed E-state index contributed by atoms with van der Waals surface area (Å²) in [7, 11) is 0. The lowest BCUT2D eigenvalue weighted by Gasteiger charge is -1.92. The normalized spacial score (nSPS) is 9.56. The van der Waals surface area contributed by atoms with Gasteiger partial charge < -0.3 is 0 Å². The summed E-state index contributed by atoms with van der Waals surface area (Å²) in [6, 6.07) is 0. The highest BCUT2D eigenvalue weighted by Gasteiger charge is 1.87. The van der Waals surface area contributed by atoms with E-state index >= 15 is 0 Å². The fraction of sp³-hybridized carbons (Fsp3) is 0.429. The quantitative estimate of drug-likeness (QED) is 0.562. The molecule has 48 valence electrons. The van der Waals surface area contributed by atoms with Gasteiger partial charge in [-0.2, -0.15) is 0 Å². The lowest BCUT2D eigenvalue weighted by Crippen LogP contribution is -1.88. The summed E-state index contributed by atoms with van der Waals surface area (Å²) >= 11 is 0. The first kappa shape index (κ1) is 6.20.